The Kier molecular flexibility index (Phi) is 2.87. The van der Waals surface area contributed by atoms with Gasteiger partial charge in [-0.1, -0.05) is 43.7 Å². The average molecular weight is 254 g/mol. The van der Waals surface area contributed by atoms with Gasteiger partial charge in [-0.3, -0.25) is 9.89 Å². The van der Waals surface area contributed by atoms with Gasteiger partial charge in [0.1, 0.15) is 0 Å². The Morgan fingerprint density at radius 3 is 2.74 bits per heavy atom. The van der Waals surface area contributed by atoms with Crippen molar-refractivity contribution >= 4 is 5.78 Å². The van der Waals surface area contributed by atoms with Crippen molar-refractivity contribution in [3.8, 4) is 11.4 Å². The molecule has 0 radical (unpaired) electrons. The maximum atomic E-state index is 12.0. The van der Waals surface area contributed by atoms with Gasteiger partial charge < -0.3 is 0 Å². The zero-order chi connectivity index (χ0) is 13.2. The van der Waals surface area contributed by atoms with E-state index in [1.165, 1.54) is 4.52 Å². The van der Waals surface area contributed by atoms with Crippen molar-refractivity contribution in [2.24, 2.45) is 0 Å². The normalized spacial score (nSPS) is 11.0. The molecule has 0 amide bonds. The second-order valence-corrected chi connectivity index (χ2v) is 4.41. The molecule has 0 fully saturated rings. The van der Waals surface area contributed by atoms with Crippen molar-refractivity contribution < 1.29 is 0 Å². The van der Waals surface area contributed by atoms with Crippen molar-refractivity contribution in [3.63, 3.8) is 0 Å². The fraction of sp³-hybridized carbons (Fsp3) is 0.214. The van der Waals surface area contributed by atoms with Crippen LogP contribution in [0.1, 0.15) is 19.0 Å². The first kappa shape index (κ1) is 11.6. The van der Waals surface area contributed by atoms with E-state index in [-0.39, 0.29) is 5.56 Å². The third-order valence-corrected chi connectivity index (χ3v) is 2.94. The number of H-pyrrole nitrogens is 1. The van der Waals surface area contributed by atoms with Gasteiger partial charge in [0.2, 0.25) is 0 Å². The summed E-state index contributed by atoms with van der Waals surface area (Å²) in [5.41, 5.74) is 1.60. The molecule has 0 atom stereocenters. The highest BCUT2D eigenvalue weighted by atomic mass is 16.1. The number of aromatic amines is 1. The molecule has 0 unspecified atom stereocenters. The average Bonchev–Trinajstić information content (AvgIpc) is 2.85. The Morgan fingerprint density at radius 2 is 2.00 bits per heavy atom. The zero-order valence-corrected chi connectivity index (χ0v) is 10.6. The Hall–Kier alpha value is -2.43. The smallest absolute Gasteiger partial charge is 0.271 e. The van der Waals surface area contributed by atoms with Crippen LogP contribution in [0.25, 0.3) is 17.2 Å². The van der Waals surface area contributed by atoms with Crippen molar-refractivity contribution in [3.05, 3.63) is 52.4 Å². The van der Waals surface area contributed by atoms with Gasteiger partial charge in [0, 0.05) is 11.6 Å². The SMILES string of the molecule is CCCc1cc(=O)n2[nH]c(-c3ccccc3)nc2n1. The van der Waals surface area contributed by atoms with Gasteiger partial charge in [0.25, 0.3) is 11.3 Å². The monoisotopic (exact) mass is 254 g/mol. The predicted octanol–water partition coefficient (Wildman–Crippen LogP) is 2.04. The molecule has 19 heavy (non-hydrogen) atoms. The van der Waals surface area contributed by atoms with Crippen molar-refractivity contribution in [1.82, 2.24) is 19.6 Å². The number of aryl methyl sites for hydroxylation is 1. The van der Waals surface area contributed by atoms with E-state index in [1.807, 2.05) is 30.3 Å². The minimum Gasteiger partial charge on any atom is -0.271 e. The molecule has 0 saturated carbocycles. The third kappa shape index (κ3) is 2.14. The van der Waals surface area contributed by atoms with Crippen LogP contribution < -0.4 is 5.56 Å². The molecule has 2 heterocycles. The van der Waals surface area contributed by atoms with Gasteiger partial charge in [-0.2, -0.15) is 9.50 Å². The minimum atomic E-state index is -0.122. The van der Waals surface area contributed by atoms with E-state index in [1.54, 1.807) is 6.07 Å². The minimum absolute atomic E-state index is 0.122. The molecular formula is C14H14N4O. The number of aromatic nitrogens is 4. The first-order valence-corrected chi connectivity index (χ1v) is 6.32. The maximum Gasteiger partial charge on any atom is 0.274 e. The molecule has 0 saturated heterocycles. The van der Waals surface area contributed by atoms with Crippen LogP contribution in [0.2, 0.25) is 0 Å². The molecule has 2 aromatic heterocycles. The molecule has 1 aromatic carbocycles. The van der Waals surface area contributed by atoms with Crippen LogP contribution in [0, 0.1) is 0 Å². The third-order valence-electron chi connectivity index (χ3n) is 2.94. The molecule has 0 aliphatic rings. The number of fused-ring (bicyclic) bond motifs is 1. The highest BCUT2D eigenvalue weighted by Crippen LogP contribution is 2.14. The topological polar surface area (TPSA) is 63.0 Å². The number of nitrogens with zero attached hydrogens (tertiary/aromatic N) is 3. The molecule has 3 aromatic rings. The van der Waals surface area contributed by atoms with Crippen LogP contribution in [0.4, 0.5) is 0 Å². The summed E-state index contributed by atoms with van der Waals surface area (Å²) in [6, 6.07) is 11.2. The van der Waals surface area contributed by atoms with E-state index < -0.39 is 0 Å². The molecular weight excluding hydrogens is 240 g/mol. The quantitative estimate of drug-likeness (QED) is 0.778. The van der Waals surface area contributed by atoms with E-state index >= 15 is 0 Å². The van der Waals surface area contributed by atoms with E-state index in [0.29, 0.717) is 11.6 Å². The van der Waals surface area contributed by atoms with Gasteiger partial charge in [0.15, 0.2) is 5.82 Å². The summed E-state index contributed by atoms with van der Waals surface area (Å²) in [7, 11) is 0. The van der Waals surface area contributed by atoms with Crippen LogP contribution in [-0.4, -0.2) is 19.6 Å². The van der Waals surface area contributed by atoms with Gasteiger partial charge in [-0.05, 0) is 6.42 Å². The summed E-state index contributed by atoms with van der Waals surface area (Å²) < 4.78 is 1.38. The number of nitrogens with one attached hydrogen (secondary N) is 1. The zero-order valence-electron chi connectivity index (χ0n) is 10.6. The van der Waals surface area contributed by atoms with Crippen LogP contribution in [-0.2, 0) is 6.42 Å². The van der Waals surface area contributed by atoms with Crippen LogP contribution in [0.15, 0.2) is 41.2 Å². The largest absolute Gasteiger partial charge is 0.274 e. The van der Waals surface area contributed by atoms with Gasteiger partial charge in [-0.15, -0.1) is 0 Å². The van der Waals surface area contributed by atoms with Crippen LogP contribution in [0.3, 0.4) is 0 Å². The van der Waals surface area contributed by atoms with E-state index in [9.17, 15) is 4.79 Å². The molecule has 5 heteroatoms. The highest BCUT2D eigenvalue weighted by molar-refractivity contribution is 5.56. The Labute approximate surface area is 109 Å². The summed E-state index contributed by atoms with van der Waals surface area (Å²) in [6.07, 6.45) is 1.75. The van der Waals surface area contributed by atoms with Gasteiger partial charge in [-0.25, -0.2) is 4.98 Å². The van der Waals surface area contributed by atoms with Crippen LogP contribution in [0.5, 0.6) is 0 Å². The van der Waals surface area contributed by atoms with E-state index in [2.05, 4.69) is 22.0 Å². The highest BCUT2D eigenvalue weighted by Gasteiger charge is 2.08. The summed E-state index contributed by atoms with van der Waals surface area (Å²) in [5.74, 6) is 1.08. The lowest BCUT2D eigenvalue weighted by atomic mass is 10.2. The van der Waals surface area contributed by atoms with Crippen molar-refractivity contribution in [2.75, 3.05) is 0 Å². The van der Waals surface area contributed by atoms with Gasteiger partial charge in [0.05, 0.1) is 5.69 Å². The summed E-state index contributed by atoms with van der Waals surface area (Å²) in [5, 5.41) is 2.98. The van der Waals surface area contributed by atoms with Crippen molar-refractivity contribution in [2.45, 2.75) is 19.8 Å². The fourth-order valence-corrected chi connectivity index (χ4v) is 2.04. The molecule has 5 nitrogen and oxygen atoms in total. The fourth-order valence-electron chi connectivity index (χ4n) is 2.04. The number of hydrogen-bond donors (Lipinski definition) is 1. The Morgan fingerprint density at radius 1 is 1.21 bits per heavy atom. The Bertz CT molecular complexity index is 758. The summed E-state index contributed by atoms with van der Waals surface area (Å²) >= 11 is 0. The van der Waals surface area contributed by atoms with Gasteiger partial charge >= 0.3 is 0 Å². The first-order chi connectivity index (χ1) is 9.28. The number of rotatable bonds is 3. The molecule has 3 rings (SSSR count). The second-order valence-electron chi connectivity index (χ2n) is 4.41. The van der Waals surface area contributed by atoms with E-state index in [4.69, 9.17) is 0 Å². The number of hydrogen-bond acceptors (Lipinski definition) is 3. The molecule has 1 N–H and O–H groups in total. The number of benzene rings is 1. The maximum absolute atomic E-state index is 12.0. The summed E-state index contributed by atoms with van der Waals surface area (Å²) in [4.78, 5) is 20.7. The Balaban J connectivity index is 2.16. The standard InChI is InChI=1S/C14H14N4O/c1-2-6-11-9-12(19)18-14(15-11)16-13(17-18)10-7-4-3-5-8-10/h3-5,7-9H,2,6H2,1H3,(H,15,16,17). The first-order valence-electron chi connectivity index (χ1n) is 6.32. The van der Waals surface area contributed by atoms with Crippen LogP contribution >= 0.6 is 0 Å². The second kappa shape index (κ2) is 4.68. The molecule has 0 aliphatic carbocycles. The lowest BCUT2D eigenvalue weighted by Gasteiger charge is -1.96. The summed E-state index contributed by atoms with van der Waals surface area (Å²) in [6.45, 7) is 2.06. The molecule has 96 valence electrons. The molecule has 0 spiro atoms. The predicted molar refractivity (Wildman–Crippen MR) is 73.0 cm³/mol. The molecule has 0 bridgehead atoms. The lowest BCUT2D eigenvalue weighted by molar-refractivity contribution is 0.838. The van der Waals surface area contributed by atoms with E-state index in [0.717, 1.165) is 24.1 Å². The lowest BCUT2D eigenvalue weighted by Crippen LogP contribution is -2.15. The molecule has 0 aliphatic heterocycles. The van der Waals surface area contributed by atoms with Crippen molar-refractivity contribution in [1.29, 1.82) is 0 Å².